The van der Waals surface area contributed by atoms with Gasteiger partial charge >= 0.3 is 0 Å². The van der Waals surface area contributed by atoms with E-state index in [0.717, 1.165) is 25.0 Å². The monoisotopic (exact) mass is 371 g/mol. The topological polar surface area (TPSA) is 71.1 Å². The summed E-state index contributed by atoms with van der Waals surface area (Å²) in [5, 5.41) is 6.63. The molecule has 2 atom stereocenters. The summed E-state index contributed by atoms with van der Waals surface area (Å²) in [5.74, 6) is -0.301. The van der Waals surface area contributed by atoms with Gasteiger partial charge < -0.3 is 10.6 Å². The molecule has 0 bridgehead atoms. The Kier molecular flexibility index (Phi) is 5.89. The number of rotatable bonds is 4. The van der Waals surface area contributed by atoms with Crippen molar-refractivity contribution in [3.05, 3.63) is 64.4 Å². The van der Waals surface area contributed by atoms with Gasteiger partial charge in [-0.3, -0.25) is 9.59 Å². The summed E-state index contributed by atoms with van der Waals surface area (Å²) in [4.78, 5) is 29.0. The lowest BCUT2D eigenvalue weighted by Gasteiger charge is -2.30. The van der Waals surface area contributed by atoms with Crippen LogP contribution < -0.4 is 10.6 Å². The van der Waals surface area contributed by atoms with E-state index in [1.54, 1.807) is 30.3 Å². The van der Waals surface area contributed by atoms with Crippen LogP contribution in [0.3, 0.4) is 0 Å². The normalized spacial score (nSPS) is 19.6. The molecule has 0 aliphatic heterocycles. The molecule has 2 amide bonds. The summed E-state index contributed by atoms with van der Waals surface area (Å²) >= 11 is 5.95. The molecule has 0 unspecified atom stereocenters. The van der Waals surface area contributed by atoms with Gasteiger partial charge in [0.15, 0.2) is 0 Å². The fourth-order valence-electron chi connectivity index (χ4n) is 3.28. The number of carbonyl (C=O) groups excluding carboxylic acids is 2. The minimum Gasteiger partial charge on any atom is -0.349 e. The van der Waals surface area contributed by atoms with Crippen LogP contribution in [-0.4, -0.2) is 28.9 Å². The average Bonchev–Trinajstić information content (AvgIpc) is 2.62. The first-order valence-electron chi connectivity index (χ1n) is 8.82. The van der Waals surface area contributed by atoms with Crippen molar-refractivity contribution in [2.45, 2.75) is 44.7 Å². The van der Waals surface area contributed by atoms with E-state index in [2.05, 4.69) is 15.6 Å². The van der Waals surface area contributed by atoms with E-state index in [1.165, 1.54) is 0 Å². The number of hydrogen-bond donors (Lipinski definition) is 2. The number of carbonyl (C=O) groups is 2. The minimum atomic E-state index is -0.166. The molecule has 1 aliphatic rings. The fraction of sp³-hybridized carbons (Fsp3) is 0.350. The highest BCUT2D eigenvalue weighted by atomic mass is 35.5. The third kappa shape index (κ3) is 4.82. The minimum absolute atomic E-state index is 0.0308. The molecule has 26 heavy (non-hydrogen) atoms. The van der Waals surface area contributed by atoms with Gasteiger partial charge in [0.25, 0.3) is 11.8 Å². The lowest BCUT2D eigenvalue weighted by atomic mass is 9.90. The van der Waals surface area contributed by atoms with Gasteiger partial charge in [0.1, 0.15) is 5.69 Å². The maximum absolute atomic E-state index is 12.4. The quantitative estimate of drug-likeness (QED) is 0.863. The summed E-state index contributed by atoms with van der Waals surface area (Å²) in [6.07, 6.45) is 3.47. The maximum Gasteiger partial charge on any atom is 0.270 e. The average molecular weight is 372 g/mol. The van der Waals surface area contributed by atoms with Crippen LogP contribution in [0.1, 0.15) is 52.2 Å². The second-order valence-electron chi connectivity index (χ2n) is 6.68. The second kappa shape index (κ2) is 8.32. The highest BCUT2D eigenvalue weighted by Gasteiger charge is 2.25. The highest BCUT2D eigenvalue weighted by Crippen LogP contribution is 2.20. The number of pyridine rings is 1. The van der Waals surface area contributed by atoms with E-state index >= 15 is 0 Å². The number of benzene rings is 1. The molecule has 0 saturated heterocycles. The van der Waals surface area contributed by atoms with Crippen molar-refractivity contribution in [1.29, 1.82) is 0 Å². The molecule has 1 aliphatic carbocycles. The standard InChI is InChI=1S/C20H22ClN3O2/c1-13-5-2-10-18(22-13)20(26)24-17-9-4-8-16(12-17)23-19(25)14-6-3-7-15(21)11-14/h2-3,5-7,10-11,16-17H,4,8-9,12H2,1H3,(H,23,25)(H,24,26)/t16-,17-/m1/s1. The highest BCUT2D eigenvalue weighted by molar-refractivity contribution is 6.30. The number of amides is 2. The molecule has 1 fully saturated rings. The van der Waals surface area contributed by atoms with E-state index in [4.69, 9.17) is 11.6 Å². The zero-order chi connectivity index (χ0) is 18.5. The first-order valence-corrected chi connectivity index (χ1v) is 9.20. The first kappa shape index (κ1) is 18.4. The number of halogens is 1. The third-order valence-electron chi connectivity index (χ3n) is 4.55. The van der Waals surface area contributed by atoms with Crippen molar-refractivity contribution < 1.29 is 9.59 Å². The molecule has 6 heteroatoms. The van der Waals surface area contributed by atoms with Gasteiger partial charge in [-0.05, 0) is 62.9 Å². The Morgan fingerprint density at radius 3 is 2.42 bits per heavy atom. The van der Waals surface area contributed by atoms with Gasteiger partial charge in [-0.15, -0.1) is 0 Å². The summed E-state index contributed by atoms with van der Waals surface area (Å²) in [7, 11) is 0. The van der Waals surface area contributed by atoms with Crippen LogP contribution in [0.2, 0.25) is 5.02 Å². The Morgan fingerprint density at radius 1 is 1.04 bits per heavy atom. The Bertz CT molecular complexity index is 744. The summed E-state index contributed by atoms with van der Waals surface area (Å²) in [5.41, 5.74) is 1.79. The van der Waals surface area contributed by atoms with Gasteiger partial charge in [-0.1, -0.05) is 23.7 Å². The molecule has 2 N–H and O–H groups in total. The van der Waals surface area contributed by atoms with Crippen molar-refractivity contribution in [1.82, 2.24) is 15.6 Å². The predicted molar refractivity (Wildman–Crippen MR) is 101 cm³/mol. The van der Waals surface area contributed by atoms with E-state index < -0.39 is 0 Å². The van der Waals surface area contributed by atoms with Crippen LogP contribution in [0.4, 0.5) is 0 Å². The van der Waals surface area contributed by atoms with E-state index in [1.807, 2.05) is 19.1 Å². The molecule has 1 aromatic heterocycles. The van der Waals surface area contributed by atoms with Gasteiger partial charge in [0.2, 0.25) is 0 Å². The largest absolute Gasteiger partial charge is 0.349 e. The van der Waals surface area contributed by atoms with Crippen molar-refractivity contribution in [2.75, 3.05) is 0 Å². The van der Waals surface area contributed by atoms with E-state index in [0.29, 0.717) is 22.7 Å². The van der Waals surface area contributed by atoms with Crippen LogP contribution >= 0.6 is 11.6 Å². The van der Waals surface area contributed by atoms with Gasteiger partial charge in [-0.25, -0.2) is 4.98 Å². The first-order chi connectivity index (χ1) is 12.5. The SMILES string of the molecule is Cc1cccc(C(=O)N[C@@H]2CCC[C@@H](NC(=O)c3cccc(Cl)c3)C2)n1. The Labute approximate surface area is 158 Å². The predicted octanol–water partition coefficient (Wildman–Crippen LogP) is 3.51. The number of aromatic nitrogens is 1. The Hall–Kier alpha value is -2.40. The lowest BCUT2D eigenvalue weighted by molar-refractivity contribution is 0.0900. The number of aryl methyl sites for hydroxylation is 1. The molecule has 1 aromatic carbocycles. The van der Waals surface area contributed by atoms with Crippen molar-refractivity contribution in [2.24, 2.45) is 0 Å². The molecule has 1 heterocycles. The van der Waals surface area contributed by atoms with Crippen LogP contribution in [0.25, 0.3) is 0 Å². The molecular formula is C20H22ClN3O2. The van der Waals surface area contributed by atoms with Gasteiger partial charge in [0, 0.05) is 28.4 Å². The Balaban J connectivity index is 1.57. The van der Waals surface area contributed by atoms with Gasteiger partial charge in [0.05, 0.1) is 0 Å². The molecule has 0 spiro atoms. The molecule has 5 nitrogen and oxygen atoms in total. The van der Waals surface area contributed by atoms with Crippen LogP contribution in [-0.2, 0) is 0 Å². The number of nitrogens with one attached hydrogen (secondary N) is 2. The fourth-order valence-corrected chi connectivity index (χ4v) is 3.47. The zero-order valence-electron chi connectivity index (χ0n) is 14.7. The molecule has 0 radical (unpaired) electrons. The molecule has 136 valence electrons. The molecule has 1 saturated carbocycles. The maximum atomic E-state index is 12.4. The van der Waals surface area contributed by atoms with Gasteiger partial charge in [-0.2, -0.15) is 0 Å². The number of nitrogens with zero attached hydrogens (tertiary/aromatic N) is 1. The Morgan fingerprint density at radius 2 is 1.73 bits per heavy atom. The number of hydrogen-bond acceptors (Lipinski definition) is 3. The van der Waals surface area contributed by atoms with Crippen molar-refractivity contribution in [3.8, 4) is 0 Å². The van der Waals surface area contributed by atoms with E-state index in [9.17, 15) is 9.59 Å². The third-order valence-corrected chi connectivity index (χ3v) is 4.79. The van der Waals surface area contributed by atoms with Crippen LogP contribution in [0, 0.1) is 6.92 Å². The van der Waals surface area contributed by atoms with Crippen molar-refractivity contribution in [3.63, 3.8) is 0 Å². The van der Waals surface area contributed by atoms with Crippen LogP contribution in [0.5, 0.6) is 0 Å². The van der Waals surface area contributed by atoms with Crippen LogP contribution in [0.15, 0.2) is 42.5 Å². The zero-order valence-corrected chi connectivity index (χ0v) is 15.4. The molecular weight excluding hydrogens is 350 g/mol. The van der Waals surface area contributed by atoms with Crippen molar-refractivity contribution >= 4 is 23.4 Å². The van der Waals surface area contributed by atoms with E-state index in [-0.39, 0.29) is 23.9 Å². The second-order valence-corrected chi connectivity index (χ2v) is 7.12. The summed E-state index contributed by atoms with van der Waals surface area (Å²) in [6.45, 7) is 1.86. The summed E-state index contributed by atoms with van der Waals surface area (Å²) < 4.78 is 0. The molecule has 2 aromatic rings. The smallest absolute Gasteiger partial charge is 0.270 e. The molecule has 3 rings (SSSR count). The summed E-state index contributed by atoms with van der Waals surface area (Å²) in [6, 6.07) is 12.4. The lowest BCUT2D eigenvalue weighted by Crippen LogP contribution is -2.46.